The summed E-state index contributed by atoms with van der Waals surface area (Å²) in [4.78, 5) is 25.5. The summed E-state index contributed by atoms with van der Waals surface area (Å²) in [5.74, 6) is 0.0369. The van der Waals surface area contributed by atoms with Gasteiger partial charge in [-0.2, -0.15) is 0 Å². The molecule has 0 fully saturated rings. The van der Waals surface area contributed by atoms with E-state index < -0.39 is 10.0 Å². The SMILES string of the molecule is C.COc1cc(O)cc(Nc2nc3ccccc3nc2NS(=O)(=O)c2cccc(NC(=O)Cc3ccccn3)c2)c1. The van der Waals surface area contributed by atoms with Gasteiger partial charge in [0.15, 0.2) is 11.6 Å². The van der Waals surface area contributed by atoms with Gasteiger partial charge >= 0.3 is 0 Å². The molecule has 11 nitrogen and oxygen atoms in total. The first kappa shape index (κ1) is 28.8. The molecule has 12 heteroatoms. The van der Waals surface area contributed by atoms with E-state index in [0.717, 1.165) is 0 Å². The van der Waals surface area contributed by atoms with Gasteiger partial charge in [-0.05, 0) is 42.5 Å². The number of carbonyl (C=O) groups excluding carboxylic acids is 1. The molecule has 3 aromatic carbocycles. The molecule has 0 saturated heterocycles. The van der Waals surface area contributed by atoms with Crippen LogP contribution in [0.1, 0.15) is 13.1 Å². The van der Waals surface area contributed by atoms with Crippen LogP contribution in [0.25, 0.3) is 11.0 Å². The molecule has 0 aliphatic heterocycles. The molecule has 0 unspecified atom stereocenters. The van der Waals surface area contributed by atoms with Crippen LogP contribution in [0.2, 0.25) is 0 Å². The van der Waals surface area contributed by atoms with Gasteiger partial charge in [-0.1, -0.05) is 31.7 Å². The Balaban J connectivity index is 0.00000387. The van der Waals surface area contributed by atoms with E-state index in [2.05, 4.69) is 30.3 Å². The number of ether oxygens (including phenoxy) is 1. The Labute approximate surface area is 237 Å². The number of rotatable bonds is 9. The van der Waals surface area contributed by atoms with Crippen LogP contribution in [0.3, 0.4) is 0 Å². The fraction of sp³-hybridized carbons (Fsp3) is 0.103. The van der Waals surface area contributed by atoms with Gasteiger partial charge in [0.25, 0.3) is 10.0 Å². The summed E-state index contributed by atoms with van der Waals surface area (Å²) >= 11 is 0. The lowest BCUT2D eigenvalue weighted by molar-refractivity contribution is -0.115. The predicted octanol–water partition coefficient (Wildman–Crippen LogP) is 5.10. The number of sulfonamides is 1. The number of aromatic nitrogens is 3. The van der Waals surface area contributed by atoms with E-state index in [0.29, 0.717) is 33.9 Å². The minimum absolute atomic E-state index is 0. The van der Waals surface area contributed by atoms with E-state index in [1.165, 1.54) is 37.4 Å². The van der Waals surface area contributed by atoms with Crippen molar-refractivity contribution in [1.29, 1.82) is 0 Å². The first-order valence-electron chi connectivity index (χ1n) is 12.0. The number of para-hydroxylation sites is 2. The van der Waals surface area contributed by atoms with Crippen molar-refractivity contribution in [3.63, 3.8) is 0 Å². The van der Waals surface area contributed by atoms with Crippen molar-refractivity contribution in [2.75, 3.05) is 22.5 Å². The second kappa shape index (κ2) is 12.3. The lowest BCUT2D eigenvalue weighted by atomic mass is 10.2. The lowest BCUT2D eigenvalue weighted by Gasteiger charge is -2.15. The van der Waals surface area contributed by atoms with Crippen molar-refractivity contribution >= 4 is 50.0 Å². The van der Waals surface area contributed by atoms with Crippen LogP contribution in [0.4, 0.5) is 23.0 Å². The highest BCUT2D eigenvalue weighted by Crippen LogP contribution is 2.31. The molecule has 0 saturated carbocycles. The van der Waals surface area contributed by atoms with Crippen molar-refractivity contribution in [2.45, 2.75) is 18.7 Å². The molecule has 1 amide bonds. The van der Waals surface area contributed by atoms with Crippen LogP contribution < -0.4 is 20.1 Å². The summed E-state index contributed by atoms with van der Waals surface area (Å²) in [5, 5.41) is 15.8. The normalized spacial score (nSPS) is 10.9. The monoisotopic (exact) mass is 572 g/mol. The molecule has 2 aromatic heterocycles. The van der Waals surface area contributed by atoms with Gasteiger partial charge in [0.2, 0.25) is 5.91 Å². The summed E-state index contributed by atoms with van der Waals surface area (Å²) in [6, 6.07) is 22.6. The number of hydrogen-bond donors (Lipinski definition) is 4. The lowest BCUT2D eigenvalue weighted by Crippen LogP contribution is -2.18. The highest BCUT2D eigenvalue weighted by atomic mass is 32.2. The molecule has 5 aromatic rings. The molecule has 0 aliphatic rings. The quantitative estimate of drug-likeness (QED) is 0.189. The minimum Gasteiger partial charge on any atom is -0.508 e. The van der Waals surface area contributed by atoms with Crippen LogP contribution in [0.15, 0.2) is 96.0 Å². The van der Waals surface area contributed by atoms with Crippen LogP contribution >= 0.6 is 0 Å². The standard InChI is InChI=1S/C28H24N6O5S.CH4/c1-39-22-14-20(13-21(35)17-22)31-27-28(33-25-11-3-2-10-24(25)32-27)34-40(37,38)23-9-6-8-19(15-23)30-26(36)16-18-7-4-5-12-29-18;/h2-15,17,35H,16H2,1H3,(H,30,36)(H,31,32)(H,33,34);1H4. The number of amides is 1. The fourth-order valence-corrected chi connectivity index (χ4v) is 4.92. The van der Waals surface area contributed by atoms with Gasteiger partial charge in [0.1, 0.15) is 11.5 Å². The van der Waals surface area contributed by atoms with E-state index in [-0.39, 0.29) is 42.0 Å². The van der Waals surface area contributed by atoms with Crippen molar-refractivity contribution in [2.24, 2.45) is 0 Å². The minimum atomic E-state index is -4.17. The second-order valence-electron chi connectivity index (χ2n) is 8.63. The maximum absolute atomic E-state index is 13.4. The number of hydrogen-bond acceptors (Lipinski definition) is 9. The van der Waals surface area contributed by atoms with E-state index >= 15 is 0 Å². The first-order valence-corrected chi connectivity index (χ1v) is 13.5. The van der Waals surface area contributed by atoms with E-state index in [4.69, 9.17) is 4.74 Å². The topological polar surface area (TPSA) is 155 Å². The summed E-state index contributed by atoms with van der Waals surface area (Å²) < 4.78 is 34.6. The Bertz CT molecular complexity index is 1800. The highest BCUT2D eigenvalue weighted by Gasteiger charge is 2.20. The second-order valence-corrected chi connectivity index (χ2v) is 10.3. The van der Waals surface area contributed by atoms with Gasteiger partial charge in [-0.15, -0.1) is 0 Å². The van der Waals surface area contributed by atoms with Crippen molar-refractivity contribution in [3.05, 3.63) is 96.8 Å². The highest BCUT2D eigenvalue weighted by molar-refractivity contribution is 7.92. The Hall–Kier alpha value is -5.23. The number of fused-ring (bicyclic) bond motifs is 1. The average molecular weight is 573 g/mol. The zero-order valence-corrected chi connectivity index (χ0v) is 22.0. The maximum atomic E-state index is 13.4. The molecular formula is C29H28N6O5S. The molecule has 0 spiro atoms. The van der Waals surface area contributed by atoms with Crippen molar-refractivity contribution < 1.29 is 23.1 Å². The molecule has 41 heavy (non-hydrogen) atoms. The number of pyridine rings is 1. The third-order valence-electron chi connectivity index (χ3n) is 5.69. The summed E-state index contributed by atoms with van der Waals surface area (Å²) in [6.45, 7) is 0. The van der Waals surface area contributed by atoms with E-state index in [1.807, 2.05) is 0 Å². The van der Waals surface area contributed by atoms with Crippen LogP contribution in [-0.4, -0.2) is 41.5 Å². The third kappa shape index (κ3) is 7.05. The number of aromatic hydroxyl groups is 1. The van der Waals surface area contributed by atoms with Crippen LogP contribution in [0.5, 0.6) is 11.5 Å². The van der Waals surface area contributed by atoms with Gasteiger partial charge in [0, 0.05) is 41.5 Å². The van der Waals surface area contributed by atoms with Gasteiger partial charge in [0.05, 0.1) is 29.5 Å². The number of nitrogens with one attached hydrogen (secondary N) is 3. The molecule has 210 valence electrons. The molecule has 2 heterocycles. The summed E-state index contributed by atoms with van der Waals surface area (Å²) in [5.41, 5.74) is 2.29. The van der Waals surface area contributed by atoms with E-state index in [1.54, 1.807) is 60.8 Å². The molecule has 5 rings (SSSR count). The van der Waals surface area contributed by atoms with Crippen molar-refractivity contribution in [3.8, 4) is 11.5 Å². The number of benzene rings is 3. The van der Waals surface area contributed by atoms with E-state index in [9.17, 15) is 18.3 Å². The third-order valence-corrected chi connectivity index (χ3v) is 7.02. The number of phenolic OH excluding ortho intramolecular Hbond substituents is 1. The number of carbonyl (C=O) groups is 1. The molecule has 4 N–H and O–H groups in total. The van der Waals surface area contributed by atoms with Gasteiger partial charge in [-0.3, -0.25) is 14.5 Å². The number of anilines is 4. The first-order chi connectivity index (χ1) is 19.3. The van der Waals surface area contributed by atoms with Gasteiger partial charge < -0.3 is 20.5 Å². The Kier molecular flexibility index (Phi) is 8.63. The predicted molar refractivity (Wildman–Crippen MR) is 158 cm³/mol. The number of nitrogens with zero attached hydrogens (tertiary/aromatic N) is 3. The van der Waals surface area contributed by atoms with Crippen molar-refractivity contribution in [1.82, 2.24) is 15.0 Å². The summed E-state index contributed by atoms with van der Waals surface area (Å²) in [6.07, 6.45) is 1.63. The zero-order chi connectivity index (χ0) is 28.1. The summed E-state index contributed by atoms with van der Waals surface area (Å²) in [7, 11) is -2.70. The average Bonchev–Trinajstić information content (AvgIpc) is 2.93. The fourth-order valence-electron chi connectivity index (χ4n) is 3.87. The zero-order valence-electron chi connectivity index (χ0n) is 21.2. The molecule has 0 atom stereocenters. The molecular weight excluding hydrogens is 544 g/mol. The van der Waals surface area contributed by atoms with Crippen LogP contribution in [0, 0.1) is 0 Å². The maximum Gasteiger partial charge on any atom is 0.263 e. The number of phenols is 1. The molecule has 0 bridgehead atoms. The molecule has 0 radical (unpaired) electrons. The Morgan fingerprint density at radius 3 is 2.32 bits per heavy atom. The smallest absolute Gasteiger partial charge is 0.263 e. The van der Waals surface area contributed by atoms with Crippen LogP contribution in [-0.2, 0) is 21.2 Å². The molecule has 0 aliphatic carbocycles. The Morgan fingerprint density at radius 1 is 0.878 bits per heavy atom. The number of methoxy groups -OCH3 is 1. The Morgan fingerprint density at radius 2 is 1.61 bits per heavy atom. The largest absolute Gasteiger partial charge is 0.508 e. The van der Waals surface area contributed by atoms with Gasteiger partial charge in [-0.25, -0.2) is 18.4 Å².